The molecular weight excluding hydrogens is 354 g/mol. The van der Waals surface area contributed by atoms with Gasteiger partial charge in [-0.15, -0.1) is 0 Å². The maximum absolute atomic E-state index is 12.1. The van der Waals surface area contributed by atoms with E-state index < -0.39 is 10.8 Å². The summed E-state index contributed by atoms with van der Waals surface area (Å²) in [5.74, 6) is -0.112. The first-order valence-corrected chi connectivity index (χ1v) is 7.39. The molecule has 24 heavy (non-hydrogen) atoms. The lowest BCUT2D eigenvalue weighted by atomic mass is 10.2. The predicted octanol–water partition coefficient (Wildman–Crippen LogP) is 3.38. The topological polar surface area (TPSA) is 93.5 Å². The summed E-state index contributed by atoms with van der Waals surface area (Å²) < 4.78 is 5.11. The van der Waals surface area contributed by atoms with Crippen molar-refractivity contribution in [1.82, 2.24) is 5.32 Å². The highest BCUT2D eigenvalue weighted by molar-refractivity contribution is 7.80. The highest BCUT2D eigenvalue weighted by atomic mass is 35.5. The summed E-state index contributed by atoms with van der Waals surface area (Å²) >= 11 is 10.9. The molecule has 0 unspecified atom stereocenters. The van der Waals surface area contributed by atoms with E-state index in [4.69, 9.17) is 28.6 Å². The van der Waals surface area contributed by atoms with Crippen LogP contribution in [0.2, 0.25) is 5.02 Å². The summed E-state index contributed by atoms with van der Waals surface area (Å²) in [5.41, 5.74) is 0.461. The van der Waals surface area contributed by atoms with Crippen LogP contribution < -0.4 is 15.4 Å². The SMILES string of the molecule is COc1ccc([N+](=O)[O-])cc1NC(=S)NC(=O)c1cccc(Cl)c1. The van der Waals surface area contributed by atoms with E-state index in [1.54, 1.807) is 18.2 Å². The molecule has 1 amide bonds. The van der Waals surface area contributed by atoms with Gasteiger partial charge in [-0.05, 0) is 36.5 Å². The van der Waals surface area contributed by atoms with Crippen molar-refractivity contribution < 1.29 is 14.5 Å². The van der Waals surface area contributed by atoms with Gasteiger partial charge >= 0.3 is 0 Å². The Kier molecular flexibility index (Phi) is 5.67. The number of benzene rings is 2. The van der Waals surface area contributed by atoms with E-state index in [1.807, 2.05) is 0 Å². The molecule has 2 aromatic carbocycles. The molecule has 0 heterocycles. The Bertz CT molecular complexity index is 813. The molecule has 9 heteroatoms. The number of carbonyl (C=O) groups excluding carboxylic acids is 1. The van der Waals surface area contributed by atoms with Gasteiger partial charge in [-0.2, -0.15) is 0 Å². The molecule has 124 valence electrons. The molecule has 0 aliphatic rings. The Morgan fingerprint density at radius 1 is 1.29 bits per heavy atom. The van der Waals surface area contributed by atoms with Crippen molar-refractivity contribution in [3.05, 3.63) is 63.2 Å². The highest BCUT2D eigenvalue weighted by Crippen LogP contribution is 2.28. The highest BCUT2D eigenvalue weighted by Gasteiger charge is 2.14. The van der Waals surface area contributed by atoms with E-state index >= 15 is 0 Å². The lowest BCUT2D eigenvalue weighted by Gasteiger charge is -2.12. The molecule has 0 bridgehead atoms. The van der Waals surface area contributed by atoms with Crippen LogP contribution >= 0.6 is 23.8 Å². The Morgan fingerprint density at radius 3 is 2.67 bits per heavy atom. The summed E-state index contributed by atoms with van der Waals surface area (Å²) in [6.45, 7) is 0. The van der Waals surface area contributed by atoms with Crippen molar-refractivity contribution >= 4 is 46.2 Å². The van der Waals surface area contributed by atoms with Gasteiger partial charge in [-0.25, -0.2) is 0 Å². The monoisotopic (exact) mass is 365 g/mol. The molecule has 0 atom stereocenters. The van der Waals surface area contributed by atoms with Crippen molar-refractivity contribution in [1.29, 1.82) is 0 Å². The summed E-state index contributed by atoms with van der Waals surface area (Å²) in [7, 11) is 1.42. The van der Waals surface area contributed by atoms with Gasteiger partial charge in [0, 0.05) is 22.7 Å². The van der Waals surface area contributed by atoms with E-state index in [1.165, 1.54) is 31.4 Å². The maximum Gasteiger partial charge on any atom is 0.271 e. The van der Waals surface area contributed by atoms with Crippen molar-refractivity contribution in [2.24, 2.45) is 0 Å². The molecular formula is C15H12ClN3O4S. The van der Waals surface area contributed by atoms with Gasteiger partial charge in [0.25, 0.3) is 11.6 Å². The van der Waals surface area contributed by atoms with Crippen LogP contribution in [0.3, 0.4) is 0 Å². The van der Waals surface area contributed by atoms with E-state index in [0.29, 0.717) is 16.3 Å². The number of anilines is 1. The van der Waals surface area contributed by atoms with Crippen LogP contribution in [0.5, 0.6) is 5.75 Å². The van der Waals surface area contributed by atoms with Crippen molar-refractivity contribution in [3.8, 4) is 5.75 Å². The molecule has 0 saturated heterocycles. The molecule has 0 fully saturated rings. The Balaban J connectivity index is 2.13. The Hall–Kier alpha value is -2.71. The van der Waals surface area contributed by atoms with E-state index in [9.17, 15) is 14.9 Å². The first kappa shape index (κ1) is 17.6. The summed E-state index contributed by atoms with van der Waals surface area (Å²) in [5, 5.41) is 16.4. The van der Waals surface area contributed by atoms with E-state index in [0.717, 1.165) is 0 Å². The fourth-order valence-electron chi connectivity index (χ4n) is 1.87. The zero-order chi connectivity index (χ0) is 17.7. The number of nitrogens with one attached hydrogen (secondary N) is 2. The third kappa shape index (κ3) is 4.40. The number of nitro benzene ring substituents is 1. The lowest BCUT2D eigenvalue weighted by molar-refractivity contribution is -0.384. The number of halogens is 1. The number of methoxy groups -OCH3 is 1. The second-order valence-corrected chi connectivity index (χ2v) is 5.40. The standard InChI is InChI=1S/C15H12ClN3O4S/c1-23-13-6-5-11(19(21)22)8-12(13)17-15(24)18-14(20)9-3-2-4-10(16)7-9/h2-8H,1H3,(H2,17,18,20,24). The van der Waals surface area contributed by atoms with Crippen LogP contribution in [0.25, 0.3) is 0 Å². The molecule has 2 aromatic rings. The minimum absolute atomic E-state index is 0.0289. The van der Waals surface area contributed by atoms with Crippen LogP contribution in [0.4, 0.5) is 11.4 Å². The molecule has 0 aliphatic heterocycles. The summed E-state index contributed by atoms with van der Waals surface area (Å²) in [6.07, 6.45) is 0. The first-order valence-electron chi connectivity index (χ1n) is 6.61. The van der Waals surface area contributed by atoms with Gasteiger partial charge in [0.15, 0.2) is 5.11 Å². The lowest BCUT2D eigenvalue weighted by Crippen LogP contribution is -2.34. The van der Waals surface area contributed by atoms with Crippen LogP contribution in [-0.2, 0) is 0 Å². The Labute approximate surface area is 147 Å². The molecule has 0 aromatic heterocycles. The normalized spacial score (nSPS) is 9.92. The number of nitrogens with zero attached hydrogens (tertiary/aromatic N) is 1. The second kappa shape index (κ2) is 7.71. The van der Waals surface area contributed by atoms with Crippen LogP contribution in [0.15, 0.2) is 42.5 Å². The van der Waals surface area contributed by atoms with E-state index in [-0.39, 0.29) is 16.5 Å². The molecule has 0 aliphatic carbocycles. The average Bonchev–Trinajstić information content (AvgIpc) is 2.54. The summed E-state index contributed by atoms with van der Waals surface area (Å²) in [4.78, 5) is 22.4. The number of hydrogen-bond donors (Lipinski definition) is 2. The van der Waals surface area contributed by atoms with Gasteiger partial charge in [0.05, 0.1) is 17.7 Å². The molecule has 2 rings (SSSR count). The number of amides is 1. The van der Waals surface area contributed by atoms with Gasteiger partial charge < -0.3 is 10.1 Å². The number of carbonyl (C=O) groups is 1. The zero-order valence-corrected chi connectivity index (χ0v) is 14.0. The molecule has 0 radical (unpaired) electrons. The number of ether oxygens (including phenoxy) is 1. The van der Waals surface area contributed by atoms with Crippen molar-refractivity contribution in [3.63, 3.8) is 0 Å². The maximum atomic E-state index is 12.1. The minimum atomic E-state index is -0.543. The van der Waals surface area contributed by atoms with Crippen LogP contribution in [0, 0.1) is 10.1 Å². The van der Waals surface area contributed by atoms with Crippen molar-refractivity contribution in [2.75, 3.05) is 12.4 Å². The zero-order valence-electron chi connectivity index (χ0n) is 12.4. The fraction of sp³-hybridized carbons (Fsp3) is 0.0667. The largest absolute Gasteiger partial charge is 0.495 e. The third-order valence-corrected chi connectivity index (χ3v) is 3.40. The number of thiocarbonyl (C=S) groups is 1. The van der Waals surface area contributed by atoms with Crippen LogP contribution in [0.1, 0.15) is 10.4 Å². The number of non-ortho nitro benzene ring substituents is 1. The summed E-state index contributed by atoms with van der Waals surface area (Å²) in [6, 6.07) is 10.3. The van der Waals surface area contributed by atoms with Gasteiger partial charge in [0.2, 0.25) is 0 Å². The third-order valence-electron chi connectivity index (χ3n) is 2.96. The number of rotatable bonds is 4. The smallest absolute Gasteiger partial charge is 0.271 e. The van der Waals surface area contributed by atoms with Gasteiger partial charge in [0.1, 0.15) is 5.75 Å². The molecule has 0 saturated carbocycles. The first-order chi connectivity index (χ1) is 11.4. The van der Waals surface area contributed by atoms with Crippen LogP contribution in [-0.4, -0.2) is 23.1 Å². The van der Waals surface area contributed by atoms with Gasteiger partial charge in [-0.1, -0.05) is 17.7 Å². The predicted molar refractivity (Wildman–Crippen MR) is 94.8 cm³/mol. The van der Waals surface area contributed by atoms with Gasteiger partial charge in [-0.3, -0.25) is 20.2 Å². The second-order valence-electron chi connectivity index (χ2n) is 4.56. The number of nitro groups is 1. The van der Waals surface area contributed by atoms with E-state index in [2.05, 4.69) is 10.6 Å². The van der Waals surface area contributed by atoms with Crippen molar-refractivity contribution in [2.45, 2.75) is 0 Å². The Morgan fingerprint density at radius 2 is 2.04 bits per heavy atom. The molecule has 7 nitrogen and oxygen atoms in total. The average molecular weight is 366 g/mol. The minimum Gasteiger partial charge on any atom is -0.495 e. The quantitative estimate of drug-likeness (QED) is 0.490. The fourth-order valence-corrected chi connectivity index (χ4v) is 2.26. The number of hydrogen-bond acceptors (Lipinski definition) is 5. The molecule has 2 N–H and O–H groups in total. The molecule has 0 spiro atoms.